The van der Waals surface area contributed by atoms with E-state index in [1.54, 1.807) is 0 Å². The van der Waals surface area contributed by atoms with E-state index < -0.39 is 42.1 Å². The number of amides is 1. The summed E-state index contributed by atoms with van der Waals surface area (Å²) in [4.78, 5) is 23.0. The number of ether oxygens (including phenoxy) is 2. The Morgan fingerprint density at radius 1 is 1.24 bits per heavy atom. The summed E-state index contributed by atoms with van der Waals surface area (Å²) in [6.07, 6.45) is -4.45. The fraction of sp³-hybridized carbons (Fsp3) is 0.348. The highest BCUT2D eigenvalue weighted by atomic mass is 19.4. The summed E-state index contributed by atoms with van der Waals surface area (Å²) in [6.45, 7) is -1.72. The van der Waals surface area contributed by atoms with Crippen molar-refractivity contribution in [3.05, 3.63) is 58.2 Å². The quantitative estimate of drug-likeness (QED) is 0.531. The lowest BCUT2D eigenvalue weighted by molar-refractivity contribution is -0.137. The number of carbonyl (C=O) groups is 1. The molecule has 2 N–H and O–H groups in total. The van der Waals surface area contributed by atoms with Gasteiger partial charge < -0.3 is 20.1 Å². The molecule has 3 aromatic rings. The van der Waals surface area contributed by atoms with Gasteiger partial charge in [-0.15, -0.1) is 0 Å². The van der Waals surface area contributed by atoms with E-state index in [2.05, 4.69) is 9.97 Å². The minimum atomic E-state index is -4.80. The zero-order chi connectivity index (χ0) is 25.6. The van der Waals surface area contributed by atoms with Crippen LogP contribution in [0.15, 0.2) is 24.4 Å². The lowest BCUT2D eigenvalue weighted by atomic mass is 9.93. The molecule has 0 aliphatic carbocycles. The molecule has 5 heterocycles. The third kappa shape index (κ3) is 3.10. The second kappa shape index (κ2) is 7.26. The van der Waals surface area contributed by atoms with Crippen LogP contribution in [0, 0.1) is 5.82 Å². The highest BCUT2D eigenvalue weighted by molar-refractivity contribution is 5.97. The Labute approximate surface area is 193 Å². The van der Waals surface area contributed by atoms with Gasteiger partial charge in [0.2, 0.25) is 0 Å². The van der Waals surface area contributed by atoms with Crippen LogP contribution in [0.25, 0.3) is 10.9 Å². The fourth-order valence-corrected chi connectivity index (χ4v) is 4.80. The second-order valence-corrected chi connectivity index (χ2v) is 8.37. The Hall–Kier alpha value is -3.47. The minimum Gasteiger partial charge on any atom is -0.487 e. The molecule has 0 unspecified atom stereocenters. The highest BCUT2D eigenvalue weighted by Gasteiger charge is 2.46. The first-order valence-corrected chi connectivity index (χ1v) is 10.5. The molecule has 0 saturated carbocycles. The lowest BCUT2D eigenvalue weighted by Gasteiger charge is -2.36. The summed E-state index contributed by atoms with van der Waals surface area (Å²) in [5, 5.41) is 0.563. The number of alkyl halides is 3. The van der Waals surface area contributed by atoms with Crippen LogP contribution in [0.2, 0.25) is 0 Å². The van der Waals surface area contributed by atoms with Crippen LogP contribution in [0.1, 0.15) is 54.4 Å². The summed E-state index contributed by atoms with van der Waals surface area (Å²) >= 11 is 0. The molecule has 1 saturated heterocycles. The number of fused-ring (bicyclic) bond motifs is 6. The van der Waals surface area contributed by atoms with Crippen molar-refractivity contribution in [2.45, 2.75) is 44.4 Å². The Bertz CT molecular complexity index is 1450. The van der Waals surface area contributed by atoms with Crippen molar-refractivity contribution in [3.8, 4) is 5.75 Å². The number of nitrogen functional groups attached to an aromatic ring is 1. The number of pyridine rings is 2. The standard InChI is InChI=1S/C23H18F4N4O3/c24-14-4-10(23(25,26)27)5-18-19(14)20-17(34-18)2-1-3-31(20)22(32)15-6-11-12-8-33-9-13(12)21(28)30-16(11)7-29-15/h4-7,17,20H,1-3,8-9H2,(H2,28,30)/t17-,20+/m0/s1/i3D2. The number of hydrogen-bond donors (Lipinski definition) is 1. The molecule has 7 nitrogen and oxygen atoms in total. The number of anilines is 1. The summed E-state index contributed by atoms with van der Waals surface area (Å²) in [7, 11) is 0. The number of piperidine rings is 1. The van der Waals surface area contributed by atoms with E-state index in [0.29, 0.717) is 34.4 Å². The number of nitrogens with two attached hydrogens (primary N) is 1. The first-order chi connectivity index (χ1) is 17.0. The van der Waals surface area contributed by atoms with E-state index in [4.69, 9.17) is 17.9 Å². The zero-order valence-electron chi connectivity index (χ0n) is 19.4. The van der Waals surface area contributed by atoms with E-state index >= 15 is 4.39 Å². The van der Waals surface area contributed by atoms with Crippen LogP contribution in [-0.4, -0.2) is 33.4 Å². The summed E-state index contributed by atoms with van der Waals surface area (Å²) in [6, 6.07) is 1.21. The number of likely N-dealkylation sites (tertiary alicyclic amines) is 1. The molecule has 11 heteroatoms. The molecule has 3 aliphatic heterocycles. The number of hydrogen-bond acceptors (Lipinski definition) is 6. The van der Waals surface area contributed by atoms with Crippen molar-refractivity contribution in [2.75, 3.05) is 12.2 Å². The molecule has 1 aromatic carbocycles. The maximum absolute atomic E-state index is 15.0. The predicted molar refractivity (Wildman–Crippen MR) is 111 cm³/mol. The van der Waals surface area contributed by atoms with Crippen molar-refractivity contribution in [1.82, 2.24) is 14.9 Å². The van der Waals surface area contributed by atoms with Gasteiger partial charge in [-0.25, -0.2) is 14.4 Å². The maximum Gasteiger partial charge on any atom is 0.416 e. The van der Waals surface area contributed by atoms with Crippen molar-refractivity contribution < 1.29 is 34.6 Å². The number of aromatic nitrogens is 2. The average molecular weight is 476 g/mol. The Morgan fingerprint density at radius 3 is 2.82 bits per heavy atom. The fourth-order valence-electron chi connectivity index (χ4n) is 4.80. The van der Waals surface area contributed by atoms with Crippen molar-refractivity contribution >= 4 is 22.6 Å². The van der Waals surface area contributed by atoms with E-state index in [0.717, 1.165) is 10.5 Å². The van der Waals surface area contributed by atoms with E-state index in [9.17, 15) is 18.0 Å². The smallest absolute Gasteiger partial charge is 0.416 e. The van der Waals surface area contributed by atoms with Gasteiger partial charge in [-0.2, -0.15) is 13.2 Å². The number of carbonyl (C=O) groups excluding carboxylic acids is 1. The number of rotatable bonds is 1. The molecule has 2 atom stereocenters. The molecule has 0 radical (unpaired) electrons. The van der Waals surface area contributed by atoms with Gasteiger partial charge in [-0.05, 0) is 36.6 Å². The number of benzene rings is 1. The number of nitrogens with zero attached hydrogens (tertiary/aromatic N) is 3. The highest BCUT2D eigenvalue weighted by Crippen LogP contribution is 2.48. The average Bonchev–Trinajstić information content (AvgIpc) is 3.43. The molecule has 34 heavy (non-hydrogen) atoms. The zero-order valence-corrected chi connectivity index (χ0v) is 17.4. The predicted octanol–water partition coefficient (Wildman–Crippen LogP) is 4.14. The van der Waals surface area contributed by atoms with Gasteiger partial charge in [0.15, 0.2) is 0 Å². The van der Waals surface area contributed by atoms with Gasteiger partial charge in [0.1, 0.15) is 35.2 Å². The van der Waals surface area contributed by atoms with Crippen LogP contribution in [-0.2, 0) is 24.1 Å². The SMILES string of the molecule is [2H]C1([2H])CC[C@@H]2Oc3cc(C(F)(F)F)cc(F)c3[C@@H]2N1C(=O)c1cc2c3c(c(N)nc2cn1)COC3. The van der Waals surface area contributed by atoms with Crippen LogP contribution in [0.3, 0.4) is 0 Å². The van der Waals surface area contributed by atoms with Crippen LogP contribution in [0.4, 0.5) is 23.4 Å². The molecule has 1 amide bonds. The van der Waals surface area contributed by atoms with Crippen LogP contribution in [0.5, 0.6) is 5.75 Å². The van der Waals surface area contributed by atoms with Crippen LogP contribution < -0.4 is 10.5 Å². The molecule has 6 rings (SSSR count). The molecule has 1 fully saturated rings. The Balaban J connectivity index is 1.46. The maximum atomic E-state index is 15.0. The molecule has 0 bridgehead atoms. The van der Waals surface area contributed by atoms with Gasteiger partial charge in [0, 0.05) is 20.2 Å². The molecule has 2 aromatic heterocycles. The third-order valence-electron chi connectivity index (χ3n) is 6.39. The first-order valence-electron chi connectivity index (χ1n) is 11.5. The molecule has 3 aliphatic rings. The summed E-state index contributed by atoms with van der Waals surface area (Å²) < 4.78 is 82.8. The molecule has 176 valence electrons. The summed E-state index contributed by atoms with van der Waals surface area (Å²) in [5.74, 6) is -2.13. The van der Waals surface area contributed by atoms with Gasteiger partial charge >= 0.3 is 6.18 Å². The largest absolute Gasteiger partial charge is 0.487 e. The van der Waals surface area contributed by atoms with Gasteiger partial charge in [-0.3, -0.25) is 4.79 Å². The van der Waals surface area contributed by atoms with E-state index in [1.165, 1.54) is 12.3 Å². The van der Waals surface area contributed by atoms with Gasteiger partial charge in [0.25, 0.3) is 5.91 Å². The van der Waals surface area contributed by atoms with Gasteiger partial charge in [0.05, 0.1) is 36.1 Å². The lowest BCUT2D eigenvalue weighted by Crippen LogP contribution is -2.45. The van der Waals surface area contributed by atoms with Crippen molar-refractivity contribution in [2.24, 2.45) is 0 Å². The third-order valence-corrected chi connectivity index (χ3v) is 6.39. The second-order valence-electron chi connectivity index (χ2n) is 8.37. The van der Waals surface area contributed by atoms with Crippen LogP contribution >= 0.6 is 0 Å². The Kier molecular flexibility index (Phi) is 4.04. The van der Waals surface area contributed by atoms with Crippen molar-refractivity contribution in [1.29, 1.82) is 0 Å². The van der Waals surface area contributed by atoms with E-state index in [-0.39, 0.29) is 43.1 Å². The topological polar surface area (TPSA) is 90.6 Å². The number of halogens is 4. The van der Waals surface area contributed by atoms with E-state index in [1.807, 2.05) is 0 Å². The summed E-state index contributed by atoms with van der Waals surface area (Å²) in [5.41, 5.74) is 6.21. The molecule has 0 spiro atoms. The van der Waals surface area contributed by atoms with Crippen molar-refractivity contribution in [3.63, 3.8) is 0 Å². The minimum absolute atomic E-state index is 0.0795. The molecular formula is C23H18F4N4O3. The first kappa shape index (κ1) is 18.9. The monoisotopic (exact) mass is 476 g/mol. The normalized spacial score (nSPS) is 23.6. The Morgan fingerprint density at radius 2 is 2.03 bits per heavy atom. The van der Waals surface area contributed by atoms with Gasteiger partial charge in [-0.1, -0.05) is 0 Å². The molecular weight excluding hydrogens is 456 g/mol.